The third-order valence-electron chi connectivity index (χ3n) is 3.77. The van der Waals surface area contributed by atoms with Gasteiger partial charge in [0.25, 0.3) is 0 Å². The van der Waals surface area contributed by atoms with Crippen molar-refractivity contribution in [3.8, 4) is 0 Å². The zero-order valence-corrected chi connectivity index (χ0v) is 12.8. The molecule has 0 spiro atoms. The molecule has 1 aliphatic heterocycles. The van der Waals surface area contributed by atoms with Crippen LogP contribution in [0.2, 0.25) is 5.02 Å². The van der Waals surface area contributed by atoms with E-state index in [1.54, 1.807) is 17.1 Å². The highest BCUT2D eigenvalue weighted by Gasteiger charge is 2.17. The number of aromatic nitrogens is 2. The van der Waals surface area contributed by atoms with Gasteiger partial charge >= 0.3 is 0 Å². The van der Waals surface area contributed by atoms with Gasteiger partial charge in [0.15, 0.2) is 0 Å². The summed E-state index contributed by atoms with van der Waals surface area (Å²) in [6.45, 7) is 3.57. The topological polar surface area (TPSA) is 50.2 Å². The molecule has 1 aliphatic rings. The molecule has 0 unspecified atom stereocenters. The minimum absolute atomic E-state index is 0.136. The Morgan fingerprint density at radius 3 is 3.15 bits per heavy atom. The molecule has 5 nitrogen and oxygen atoms in total. The zero-order chi connectivity index (χ0) is 14.4. The van der Waals surface area contributed by atoms with E-state index in [9.17, 15) is 4.79 Å². The molecule has 1 atom stereocenters. The summed E-state index contributed by atoms with van der Waals surface area (Å²) in [6, 6.07) is 0. The molecule has 0 aromatic carbocycles. The normalized spacial score (nSPS) is 20.0. The lowest BCUT2D eigenvalue weighted by molar-refractivity contribution is -0.121. The third-order valence-corrected chi connectivity index (χ3v) is 3.96. The summed E-state index contributed by atoms with van der Waals surface area (Å²) in [5, 5.41) is 7.63. The molecule has 2 heterocycles. The average molecular weight is 299 g/mol. The number of nitrogens with zero attached hydrogens (tertiary/aromatic N) is 3. The van der Waals surface area contributed by atoms with Crippen molar-refractivity contribution in [1.29, 1.82) is 0 Å². The number of halogens is 1. The SMILES string of the molecule is CN1CCC[C@H](CCC(=O)NCCn2cc(Cl)cn2)C1. The van der Waals surface area contributed by atoms with E-state index in [4.69, 9.17) is 11.6 Å². The Bertz CT molecular complexity index is 435. The van der Waals surface area contributed by atoms with Crippen LogP contribution in [0.15, 0.2) is 12.4 Å². The van der Waals surface area contributed by atoms with Crippen LogP contribution in [-0.4, -0.2) is 47.3 Å². The predicted octanol–water partition coefficient (Wildman–Crippen LogP) is 1.77. The largest absolute Gasteiger partial charge is 0.354 e. The van der Waals surface area contributed by atoms with E-state index in [0.29, 0.717) is 30.5 Å². The van der Waals surface area contributed by atoms with Gasteiger partial charge in [-0.3, -0.25) is 9.48 Å². The van der Waals surface area contributed by atoms with Crippen LogP contribution in [0.1, 0.15) is 25.7 Å². The van der Waals surface area contributed by atoms with Gasteiger partial charge in [-0.2, -0.15) is 5.10 Å². The van der Waals surface area contributed by atoms with Crippen molar-refractivity contribution in [1.82, 2.24) is 20.0 Å². The van der Waals surface area contributed by atoms with E-state index in [1.807, 2.05) is 0 Å². The van der Waals surface area contributed by atoms with E-state index in [1.165, 1.54) is 19.4 Å². The van der Waals surface area contributed by atoms with Crippen molar-refractivity contribution in [2.75, 3.05) is 26.7 Å². The Morgan fingerprint density at radius 1 is 1.60 bits per heavy atom. The minimum Gasteiger partial charge on any atom is -0.354 e. The molecule has 20 heavy (non-hydrogen) atoms. The summed E-state index contributed by atoms with van der Waals surface area (Å²) in [5.74, 6) is 0.806. The molecule has 2 rings (SSSR count). The van der Waals surface area contributed by atoms with E-state index >= 15 is 0 Å². The summed E-state index contributed by atoms with van der Waals surface area (Å²) in [4.78, 5) is 14.1. The molecule has 112 valence electrons. The molecule has 1 amide bonds. The predicted molar refractivity (Wildman–Crippen MR) is 79.7 cm³/mol. The average Bonchev–Trinajstić information content (AvgIpc) is 2.82. The second-order valence-electron chi connectivity index (χ2n) is 5.58. The lowest BCUT2D eigenvalue weighted by atomic mass is 9.93. The summed E-state index contributed by atoms with van der Waals surface area (Å²) in [5.41, 5.74) is 0. The molecule has 0 saturated carbocycles. The van der Waals surface area contributed by atoms with Gasteiger partial charge in [0.1, 0.15) is 0 Å². The van der Waals surface area contributed by atoms with Crippen LogP contribution in [0, 0.1) is 5.92 Å². The summed E-state index contributed by atoms with van der Waals surface area (Å²) in [7, 11) is 2.15. The number of likely N-dealkylation sites (tertiary alicyclic amines) is 1. The van der Waals surface area contributed by atoms with Gasteiger partial charge in [-0.1, -0.05) is 11.6 Å². The highest BCUT2D eigenvalue weighted by atomic mass is 35.5. The summed E-state index contributed by atoms with van der Waals surface area (Å²) < 4.78 is 1.73. The van der Waals surface area contributed by atoms with Crippen LogP contribution in [0.4, 0.5) is 0 Å². The molecule has 1 fully saturated rings. The second kappa shape index (κ2) is 7.64. The fourth-order valence-corrected chi connectivity index (χ4v) is 2.86. The van der Waals surface area contributed by atoms with Crippen molar-refractivity contribution in [3.05, 3.63) is 17.4 Å². The highest BCUT2D eigenvalue weighted by molar-refractivity contribution is 6.30. The lowest BCUT2D eigenvalue weighted by Gasteiger charge is -2.29. The second-order valence-corrected chi connectivity index (χ2v) is 6.02. The van der Waals surface area contributed by atoms with E-state index in [0.717, 1.165) is 13.0 Å². The molecule has 1 N–H and O–H groups in total. The summed E-state index contributed by atoms with van der Waals surface area (Å²) in [6.07, 6.45) is 7.48. The molecule has 6 heteroatoms. The Morgan fingerprint density at radius 2 is 2.45 bits per heavy atom. The molecular formula is C14H23ClN4O. The first-order chi connectivity index (χ1) is 9.63. The van der Waals surface area contributed by atoms with Crippen LogP contribution in [0.3, 0.4) is 0 Å². The van der Waals surface area contributed by atoms with Crippen LogP contribution in [0.25, 0.3) is 0 Å². The molecule has 1 saturated heterocycles. The van der Waals surface area contributed by atoms with E-state index in [-0.39, 0.29) is 5.91 Å². The Balaban J connectivity index is 1.58. The Kier molecular flexibility index (Phi) is 5.86. The van der Waals surface area contributed by atoms with Crippen LogP contribution in [0.5, 0.6) is 0 Å². The van der Waals surface area contributed by atoms with Crippen molar-refractivity contribution in [2.24, 2.45) is 5.92 Å². The quantitative estimate of drug-likeness (QED) is 0.871. The molecule has 1 aromatic heterocycles. The first kappa shape index (κ1) is 15.3. The number of carbonyl (C=O) groups excluding carboxylic acids is 1. The Labute approximate surface area is 125 Å². The monoisotopic (exact) mass is 298 g/mol. The molecule has 0 bridgehead atoms. The number of carbonyl (C=O) groups is 1. The van der Waals surface area contributed by atoms with Crippen LogP contribution in [-0.2, 0) is 11.3 Å². The van der Waals surface area contributed by atoms with Gasteiger partial charge in [-0.15, -0.1) is 0 Å². The number of hydrogen-bond donors (Lipinski definition) is 1. The maximum absolute atomic E-state index is 11.8. The molecule has 0 radical (unpaired) electrons. The number of rotatable bonds is 6. The summed E-state index contributed by atoms with van der Waals surface area (Å²) >= 11 is 5.77. The number of amides is 1. The van der Waals surface area contributed by atoms with Crippen molar-refractivity contribution in [2.45, 2.75) is 32.2 Å². The fourth-order valence-electron chi connectivity index (χ4n) is 2.70. The maximum Gasteiger partial charge on any atom is 0.220 e. The Hall–Kier alpha value is -1.07. The van der Waals surface area contributed by atoms with Gasteiger partial charge < -0.3 is 10.2 Å². The lowest BCUT2D eigenvalue weighted by Crippen LogP contribution is -2.33. The minimum atomic E-state index is 0.136. The molecular weight excluding hydrogens is 276 g/mol. The van der Waals surface area contributed by atoms with Crippen LogP contribution >= 0.6 is 11.6 Å². The van der Waals surface area contributed by atoms with E-state index in [2.05, 4.69) is 22.4 Å². The van der Waals surface area contributed by atoms with Crippen molar-refractivity contribution in [3.63, 3.8) is 0 Å². The fraction of sp³-hybridized carbons (Fsp3) is 0.714. The first-order valence-corrected chi connectivity index (χ1v) is 7.64. The molecule has 0 aliphatic carbocycles. The zero-order valence-electron chi connectivity index (χ0n) is 12.0. The molecule has 1 aromatic rings. The van der Waals surface area contributed by atoms with Crippen molar-refractivity contribution < 1.29 is 4.79 Å². The van der Waals surface area contributed by atoms with Gasteiger partial charge in [0.2, 0.25) is 5.91 Å². The first-order valence-electron chi connectivity index (χ1n) is 7.26. The van der Waals surface area contributed by atoms with Gasteiger partial charge in [-0.25, -0.2) is 0 Å². The standard InChI is InChI=1S/C14H23ClN4O/c1-18-7-2-3-12(10-18)4-5-14(20)16-6-8-19-11-13(15)9-17-19/h9,11-12H,2-8,10H2,1H3,(H,16,20)/t12-/m1/s1. The smallest absolute Gasteiger partial charge is 0.220 e. The van der Waals surface area contributed by atoms with Crippen molar-refractivity contribution >= 4 is 17.5 Å². The number of piperidine rings is 1. The highest BCUT2D eigenvalue weighted by Crippen LogP contribution is 2.19. The van der Waals surface area contributed by atoms with Gasteiger partial charge in [0.05, 0.1) is 17.8 Å². The van der Waals surface area contributed by atoms with E-state index < -0.39 is 0 Å². The van der Waals surface area contributed by atoms with Gasteiger partial charge in [-0.05, 0) is 38.8 Å². The van der Waals surface area contributed by atoms with Gasteiger partial charge in [0, 0.05) is 25.7 Å². The maximum atomic E-state index is 11.8. The van der Waals surface area contributed by atoms with Crippen LogP contribution < -0.4 is 5.32 Å². The number of nitrogens with one attached hydrogen (secondary N) is 1. The number of hydrogen-bond acceptors (Lipinski definition) is 3. The third kappa shape index (κ3) is 5.13.